The lowest BCUT2D eigenvalue weighted by Crippen LogP contribution is -2.44. The van der Waals surface area contributed by atoms with Crippen molar-refractivity contribution in [2.24, 2.45) is 0 Å². The lowest BCUT2D eigenvalue weighted by atomic mass is 10.1. The molecule has 0 aromatic heterocycles. The van der Waals surface area contributed by atoms with Crippen molar-refractivity contribution in [3.05, 3.63) is 0 Å². The predicted octanol–water partition coefficient (Wildman–Crippen LogP) is 1.68. The van der Waals surface area contributed by atoms with Crippen LogP contribution in [0.25, 0.3) is 0 Å². The van der Waals surface area contributed by atoms with E-state index in [0.717, 1.165) is 25.8 Å². The van der Waals surface area contributed by atoms with Gasteiger partial charge in [0.05, 0.1) is 5.25 Å². The van der Waals surface area contributed by atoms with Gasteiger partial charge in [-0.1, -0.05) is 6.42 Å². The summed E-state index contributed by atoms with van der Waals surface area (Å²) in [6.45, 7) is 5.22. The molecule has 0 spiro atoms. The molecule has 96 valence electrons. The van der Waals surface area contributed by atoms with Crippen molar-refractivity contribution in [1.29, 1.82) is 0 Å². The van der Waals surface area contributed by atoms with Gasteiger partial charge in [-0.25, -0.2) is 8.42 Å². The molecule has 5 heteroatoms. The molecule has 1 saturated carbocycles. The van der Waals surface area contributed by atoms with E-state index in [4.69, 9.17) is 0 Å². The summed E-state index contributed by atoms with van der Waals surface area (Å²) in [5.41, 5.74) is 0. The third-order valence-electron chi connectivity index (χ3n) is 3.35. The molecule has 0 aromatic rings. The highest BCUT2D eigenvalue weighted by Gasteiger charge is 2.35. The first-order valence-electron chi connectivity index (χ1n) is 5.74. The molecule has 0 aliphatic heterocycles. The Kier molecular flexibility index (Phi) is 4.72. The molecule has 0 saturated heterocycles. The zero-order valence-electron chi connectivity index (χ0n) is 10.6. The standard InChI is InChI=1S/C11H23NO2S2/c1-11(2,15-3)8-12-9-6-5-7-10(9)16(4,13)14/h9-10,12H,5-8H2,1-4H3. The molecule has 1 fully saturated rings. The minimum atomic E-state index is -2.90. The summed E-state index contributed by atoms with van der Waals surface area (Å²) in [5.74, 6) is 0. The maximum absolute atomic E-state index is 11.6. The number of hydrogen-bond donors (Lipinski definition) is 1. The van der Waals surface area contributed by atoms with Crippen LogP contribution in [0.5, 0.6) is 0 Å². The lowest BCUT2D eigenvalue weighted by Gasteiger charge is -2.27. The molecule has 16 heavy (non-hydrogen) atoms. The minimum Gasteiger partial charge on any atom is -0.311 e. The van der Waals surface area contributed by atoms with Crippen molar-refractivity contribution in [2.75, 3.05) is 19.1 Å². The van der Waals surface area contributed by atoms with E-state index in [1.165, 1.54) is 6.26 Å². The molecular weight excluding hydrogens is 242 g/mol. The van der Waals surface area contributed by atoms with Crippen LogP contribution in [0.4, 0.5) is 0 Å². The average Bonchev–Trinajstić information content (AvgIpc) is 2.62. The molecule has 0 aromatic carbocycles. The Hall–Kier alpha value is 0.260. The van der Waals surface area contributed by atoms with Gasteiger partial charge >= 0.3 is 0 Å². The van der Waals surface area contributed by atoms with Crippen LogP contribution in [0.3, 0.4) is 0 Å². The predicted molar refractivity (Wildman–Crippen MR) is 71.9 cm³/mol. The van der Waals surface area contributed by atoms with Gasteiger partial charge in [-0.2, -0.15) is 11.8 Å². The third kappa shape index (κ3) is 3.93. The summed E-state index contributed by atoms with van der Waals surface area (Å²) >= 11 is 1.81. The normalized spacial score (nSPS) is 27.2. The molecule has 3 nitrogen and oxygen atoms in total. The van der Waals surface area contributed by atoms with E-state index in [9.17, 15) is 8.42 Å². The zero-order valence-corrected chi connectivity index (χ0v) is 12.2. The second kappa shape index (κ2) is 5.27. The maximum Gasteiger partial charge on any atom is 0.151 e. The summed E-state index contributed by atoms with van der Waals surface area (Å²) in [5, 5.41) is 3.25. The molecule has 1 rings (SSSR count). The van der Waals surface area contributed by atoms with Gasteiger partial charge in [0.2, 0.25) is 0 Å². The molecule has 0 bridgehead atoms. The fraction of sp³-hybridized carbons (Fsp3) is 1.00. The van der Waals surface area contributed by atoms with Gasteiger partial charge in [-0.05, 0) is 32.9 Å². The van der Waals surface area contributed by atoms with E-state index >= 15 is 0 Å². The topological polar surface area (TPSA) is 46.2 Å². The van der Waals surface area contributed by atoms with Crippen LogP contribution in [-0.2, 0) is 9.84 Å². The van der Waals surface area contributed by atoms with Crippen LogP contribution in [0.1, 0.15) is 33.1 Å². The Morgan fingerprint density at radius 2 is 2.00 bits per heavy atom. The minimum absolute atomic E-state index is 0.154. The van der Waals surface area contributed by atoms with Crippen molar-refractivity contribution in [2.45, 2.75) is 49.1 Å². The maximum atomic E-state index is 11.6. The fourth-order valence-electron chi connectivity index (χ4n) is 2.12. The van der Waals surface area contributed by atoms with Crippen LogP contribution in [0, 0.1) is 0 Å². The van der Waals surface area contributed by atoms with Gasteiger partial charge in [0.1, 0.15) is 0 Å². The molecule has 2 unspecified atom stereocenters. The van der Waals surface area contributed by atoms with Crippen LogP contribution >= 0.6 is 11.8 Å². The van der Waals surface area contributed by atoms with Crippen molar-refractivity contribution in [3.8, 4) is 0 Å². The zero-order chi connectivity index (χ0) is 12.4. The molecule has 1 N–H and O–H groups in total. The Labute approximate surface area is 104 Å². The molecule has 2 atom stereocenters. The van der Waals surface area contributed by atoms with Crippen molar-refractivity contribution >= 4 is 21.6 Å². The highest BCUT2D eigenvalue weighted by Crippen LogP contribution is 2.26. The quantitative estimate of drug-likeness (QED) is 0.821. The van der Waals surface area contributed by atoms with Crippen molar-refractivity contribution in [1.82, 2.24) is 5.32 Å². The largest absolute Gasteiger partial charge is 0.311 e. The molecule has 1 aliphatic carbocycles. The van der Waals surface area contributed by atoms with E-state index in [0.29, 0.717) is 0 Å². The van der Waals surface area contributed by atoms with Gasteiger partial charge in [0.15, 0.2) is 9.84 Å². The Balaban J connectivity index is 2.55. The summed E-state index contributed by atoms with van der Waals surface area (Å²) in [4.78, 5) is 0. The summed E-state index contributed by atoms with van der Waals surface area (Å²) in [6, 6.07) is 0.154. The first-order valence-corrected chi connectivity index (χ1v) is 8.91. The first kappa shape index (κ1) is 14.3. The average molecular weight is 265 g/mol. The SMILES string of the molecule is CSC(C)(C)CNC1CCCC1S(C)(=O)=O. The third-order valence-corrected chi connectivity index (χ3v) is 6.26. The van der Waals surface area contributed by atoms with Gasteiger partial charge in [0, 0.05) is 23.6 Å². The van der Waals surface area contributed by atoms with Crippen molar-refractivity contribution < 1.29 is 8.42 Å². The highest BCUT2D eigenvalue weighted by atomic mass is 32.2. The van der Waals surface area contributed by atoms with Crippen LogP contribution in [0.2, 0.25) is 0 Å². The summed E-state index contributed by atoms with van der Waals surface area (Å²) in [6.07, 6.45) is 6.27. The van der Waals surface area contributed by atoms with Crippen LogP contribution < -0.4 is 5.32 Å². The fourth-order valence-corrected chi connectivity index (χ4v) is 3.77. The molecule has 0 radical (unpaired) electrons. The molecular formula is C11H23NO2S2. The van der Waals surface area contributed by atoms with Gasteiger partial charge in [-0.15, -0.1) is 0 Å². The summed E-state index contributed by atoms with van der Waals surface area (Å²) < 4.78 is 23.4. The van der Waals surface area contributed by atoms with Crippen LogP contribution in [0.15, 0.2) is 0 Å². The second-order valence-electron chi connectivity index (χ2n) is 5.25. The Bertz CT molecular complexity index is 325. The van der Waals surface area contributed by atoms with E-state index in [2.05, 4.69) is 25.4 Å². The van der Waals surface area contributed by atoms with E-state index in [1.807, 2.05) is 11.8 Å². The monoisotopic (exact) mass is 265 g/mol. The molecule has 0 amide bonds. The number of thioether (sulfide) groups is 1. The highest BCUT2D eigenvalue weighted by molar-refractivity contribution is 7.99. The number of rotatable bonds is 5. The summed E-state index contributed by atoms with van der Waals surface area (Å²) in [7, 11) is -2.90. The number of hydrogen-bond acceptors (Lipinski definition) is 4. The second-order valence-corrected chi connectivity index (χ2v) is 9.03. The number of sulfone groups is 1. The smallest absolute Gasteiger partial charge is 0.151 e. The van der Waals surface area contributed by atoms with Gasteiger partial charge in [0.25, 0.3) is 0 Å². The Morgan fingerprint density at radius 3 is 2.50 bits per heavy atom. The van der Waals surface area contributed by atoms with Gasteiger partial charge < -0.3 is 5.32 Å². The molecule has 1 aliphatic rings. The van der Waals surface area contributed by atoms with Gasteiger partial charge in [-0.3, -0.25) is 0 Å². The first-order chi connectivity index (χ1) is 7.26. The molecule has 0 heterocycles. The lowest BCUT2D eigenvalue weighted by molar-refractivity contribution is 0.480. The van der Waals surface area contributed by atoms with E-state index in [-0.39, 0.29) is 16.0 Å². The van der Waals surface area contributed by atoms with Crippen LogP contribution in [-0.4, -0.2) is 43.5 Å². The number of nitrogens with one attached hydrogen (secondary N) is 1. The van der Waals surface area contributed by atoms with Crippen molar-refractivity contribution in [3.63, 3.8) is 0 Å². The van der Waals surface area contributed by atoms with E-state index < -0.39 is 9.84 Å². The Morgan fingerprint density at radius 1 is 1.38 bits per heavy atom. The van der Waals surface area contributed by atoms with E-state index in [1.54, 1.807) is 0 Å².